The number of hydrogen-bond acceptors (Lipinski definition) is 2. The lowest BCUT2D eigenvalue weighted by Gasteiger charge is -2.16. The molecule has 0 spiro atoms. The van der Waals surface area contributed by atoms with E-state index in [0.29, 0.717) is 5.69 Å². The van der Waals surface area contributed by atoms with Gasteiger partial charge in [-0.1, -0.05) is 35.9 Å². The van der Waals surface area contributed by atoms with Gasteiger partial charge in [0.15, 0.2) is 5.82 Å². The molecule has 0 saturated carbocycles. The number of hydrogen-bond donors (Lipinski definition) is 1. The molecule has 0 bridgehead atoms. The van der Waals surface area contributed by atoms with E-state index in [1.54, 1.807) is 29.5 Å². The maximum Gasteiger partial charge on any atom is 0.164 e. The Bertz CT molecular complexity index is 797. The van der Waals surface area contributed by atoms with E-state index in [1.807, 2.05) is 19.1 Å². The molecule has 0 aliphatic carbocycles. The van der Waals surface area contributed by atoms with E-state index < -0.39 is 5.82 Å². The first-order chi connectivity index (χ1) is 10.1. The Morgan fingerprint density at radius 3 is 2.67 bits per heavy atom. The van der Waals surface area contributed by atoms with Crippen molar-refractivity contribution in [3.8, 4) is 0 Å². The van der Waals surface area contributed by atoms with Gasteiger partial charge in [0.25, 0.3) is 0 Å². The first-order valence-electron chi connectivity index (χ1n) is 6.76. The van der Waals surface area contributed by atoms with Crippen molar-refractivity contribution in [2.75, 3.05) is 5.32 Å². The molecule has 1 nitrogen and oxygen atoms in total. The molecule has 21 heavy (non-hydrogen) atoms. The van der Waals surface area contributed by atoms with Crippen molar-refractivity contribution in [3.05, 3.63) is 63.7 Å². The summed E-state index contributed by atoms with van der Waals surface area (Å²) in [6.45, 7) is 4.15. The molecule has 108 valence electrons. The molecular formula is C17H15ClFNS. The summed E-state index contributed by atoms with van der Waals surface area (Å²) in [6.07, 6.45) is 0. The maximum absolute atomic E-state index is 14.0. The summed E-state index contributed by atoms with van der Waals surface area (Å²) in [4.78, 5) is 1.22. The van der Waals surface area contributed by atoms with Crippen LogP contribution in [0.4, 0.5) is 10.1 Å². The molecule has 1 atom stereocenters. The van der Waals surface area contributed by atoms with Gasteiger partial charge in [0, 0.05) is 9.58 Å². The Kier molecular flexibility index (Phi) is 3.87. The van der Waals surface area contributed by atoms with E-state index in [-0.39, 0.29) is 11.1 Å². The van der Waals surface area contributed by atoms with Gasteiger partial charge in [-0.25, -0.2) is 4.39 Å². The second-order valence-electron chi connectivity index (χ2n) is 5.05. The van der Waals surface area contributed by atoms with E-state index in [0.717, 1.165) is 0 Å². The van der Waals surface area contributed by atoms with Crippen molar-refractivity contribution in [1.29, 1.82) is 0 Å². The number of rotatable bonds is 3. The fourth-order valence-corrected chi connectivity index (χ4v) is 3.91. The van der Waals surface area contributed by atoms with Gasteiger partial charge in [0.1, 0.15) is 0 Å². The monoisotopic (exact) mass is 319 g/mol. The van der Waals surface area contributed by atoms with Gasteiger partial charge < -0.3 is 5.32 Å². The van der Waals surface area contributed by atoms with Gasteiger partial charge in [-0.2, -0.15) is 0 Å². The van der Waals surface area contributed by atoms with Gasteiger partial charge in [0.2, 0.25) is 0 Å². The van der Waals surface area contributed by atoms with Crippen LogP contribution in [0.5, 0.6) is 0 Å². The van der Waals surface area contributed by atoms with E-state index in [2.05, 4.69) is 24.4 Å². The lowest BCUT2D eigenvalue weighted by molar-refractivity contribution is 0.628. The minimum absolute atomic E-state index is 0.0235. The molecule has 0 radical (unpaired) electrons. The van der Waals surface area contributed by atoms with E-state index in [1.165, 1.54) is 20.5 Å². The van der Waals surface area contributed by atoms with Crippen LogP contribution >= 0.6 is 22.9 Å². The second kappa shape index (κ2) is 5.66. The van der Waals surface area contributed by atoms with Crippen molar-refractivity contribution in [1.82, 2.24) is 0 Å². The van der Waals surface area contributed by atoms with Crippen LogP contribution in [0.2, 0.25) is 5.02 Å². The number of halogens is 2. The highest BCUT2D eigenvalue weighted by molar-refractivity contribution is 7.19. The van der Waals surface area contributed by atoms with Gasteiger partial charge >= 0.3 is 0 Å². The summed E-state index contributed by atoms with van der Waals surface area (Å²) in [7, 11) is 0. The zero-order valence-electron chi connectivity index (χ0n) is 11.8. The number of benzene rings is 2. The van der Waals surface area contributed by atoms with Crippen LogP contribution in [0.3, 0.4) is 0 Å². The fraction of sp³-hybridized carbons (Fsp3) is 0.176. The molecule has 0 fully saturated rings. The molecule has 0 aliphatic heterocycles. The van der Waals surface area contributed by atoms with Crippen LogP contribution < -0.4 is 5.32 Å². The summed E-state index contributed by atoms with van der Waals surface area (Å²) in [5.41, 5.74) is 1.69. The van der Waals surface area contributed by atoms with E-state index in [9.17, 15) is 4.39 Å². The Balaban J connectivity index is 1.95. The Labute approximate surface area is 132 Å². The normalized spacial score (nSPS) is 12.6. The molecule has 1 unspecified atom stereocenters. The molecular weight excluding hydrogens is 305 g/mol. The predicted molar refractivity (Wildman–Crippen MR) is 90.0 cm³/mol. The van der Waals surface area contributed by atoms with E-state index in [4.69, 9.17) is 11.6 Å². The summed E-state index contributed by atoms with van der Waals surface area (Å²) in [6, 6.07) is 13.4. The highest BCUT2D eigenvalue weighted by atomic mass is 35.5. The third kappa shape index (κ3) is 2.63. The predicted octanol–water partition coefficient (Wildman–Crippen LogP) is 6.18. The topological polar surface area (TPSA) is 12.0 Å². The van der Waals surface area contributed by atoms with Crippen LogP contribution in [-0.2, 0) is 0 Å². The number of fused-ring (bicyclic) bond motifs is 1. The van der Waals surface area contributed by atoms with Gasteiger partial charge in [-0.05, 0) is 43.0 Å². The SMILES string of the molecule is Cc1c(C(C)Nc2cccc(Cl)c2F)sc2ccccc12. The summed E-state index contributed by atoms with van der Waals surface area (Å²) < 4.78 is 15.2. The minimum atomic E-state index is -0.398. The molecule has 3 rings (SSSR count). The van der Waals surface area contributed by atoms with Gasteiger partial charge in [0.05, 0.1) is 16.8 Å². The summed E-state index contributed by atoms with van der Waals surface area (Å²) in [5.74, 6) is -0.398. The average molecular weight is 320 g/mol. The molecule has 2 aromatic carbocycles. The lowest BCUT2D eigenvalue weighted by atomic mass is 10.1. The average Bonchev–Trinajstić information content (AvgIpc) is 2.82. The standard InChI is InChI=1S/C17H15ClFNS/c1-10-12-6-3-4-9-15(12)21-17(10)11(2)20-14-8-5-7-13(18)16(14)19/h3-9,11,20H,1-2H3. The molecule has 0 saturated heterocycles. The zero-order valence-corrected chi connectivity index (χ0v) is 13.4. The summed E-state index contributed by atoms with van der Waals surface area (Å²) >= 11 is 7.57. The van der Waals surface area contributed by atoms with Crippen LogP contribution in [0.15, 0.2) is 42.5 Å². The van der Waals surface area contributed by atoms with Crippen LogP contribution in [0.1, 0.15) is 23.4 Å². The number of thiophene rings is 1. The number of aryl methyl sites for hydroxylation is 1. The first-order valence-corrected chi connectivity index (χ1v) is 7.96. The number of nitrogens with one attached hydrogen (secondary N) is 1. The zero-order chi connectivity index (χ0) is 15.0. The Morgan fingerprint density at radius 2 is 1.90 bits per heavy atom. The van der Waals surface area contributed by atoms with Gasteiger partial charge in [-0.15, -0.1) is 11.3 Å². The number of anilines is 1. The summed E-state index contributed by atoms with van der Waals surface area (Å²) in [5, 5.41) is 4.62. The Hall–Kier alpha value is -1.58. The smallest absolute Gasteiger partial charge is 0.164 e. The van der Waals surface area contributed by atoms with Crippen LogP contribution in [0.25, 0.3) is 10.1 Å². The highest BCUT2D eigenvalue weighted by Crippen LogP contribution is 2.36. The van der Waals surface area contributed by atoms with Crippen molar-refractivity contribution in [2.45, 2.75) is 19.9 Å². The Morgan fingerprint density at radius 1 is 1.14 bits per heavy atom. The minimum Gasteiger partial charge on any atom is -0.375 e. The molecule has 4 heteroatoms. The van der Waals surface area contributed by atoms with E-state index >= 15 is 0 Å². The lowest BCUT2D eigenvalue weighted by Crippen LogP contribution is -2.07. The molecule has 3 aromatic rings. The second-order valence-corrected chi connectivity index (χ2v) is 6.55. The first kappa shape index (κ1) is 14.4. The largest absolute Gasteiger partial charge is 0.375 e. The van der Waals surface area contributed by atoms with Crippen molar-refractivity contribution in [3.63, 3.8) is 0 Å². The van der Waals surface area contributed by atoms with Crippen LogP contribution in [-0.4, -0.2) is 0 Å². The third-order valence-electron chi connectivity index (χ3n) is 3.60. The highest BCUT2D eigenvalue weighted by Gasteiger charge is 2.16. The maximum atomic E-state index is 14.0. The molecule has 0 amide bonds. The molecule has 1 N–H and O–H groups in total. The molecule has 1 aromatic heterocycles. The quantitative estimate of drug-likeness (QED) is 0.608. The van der Waals surface area contributed by atoms with Crippen molar-refractivity contribution < 1.29 is 4.39 Å². The molecule has 0 aliphatic rings. The third-order valence-corrected chi connectivity index (χ3v) is 5.34. The van der Waals surface area contributed by atoms with Crippen LogP contribution in [0, 0.1) is 12.7 Å². The van der Waals surface area contributed by atoms with Crippen molar-refractivity contribution >= 4 is 38.7 Å². The molecule has 1 heterocycles. The van der Waals surface area contributed by atoms with Gasteiger partial charge in [-0.3, -0.25) is 0 Å². The fourth-order valence-electron chi connectivity index (χ4n) is 2.52. The van der Waals surface area contributed by atoms with Crippen molar-refractivity contribution in [2.24, 2.45) is 0 Å².